The SMILES string of the molecule is CN(C)CCSc1ccc(N/C=C2\CN=Cc3ccc(Br)cc32)cc1. The number of hydrogen-bond acceptors (Lipinski definition) is 4. The largest absolute Gasteiger partial charge is 0.361 e. The lowest BCUT2D eigenvalue weighted by Gasteiger charge is -2.15. The molecule has 0 spiro atoms. The Bertz CT molecular complexity index is 782. The number of hydrogen-bond donors (Lipinski definition) is 1. The molecule has 0 saturated carbocycles. The van der Waals surface area contributed by atoms with Crippen LogP contribution >= 0.6 is 27.7 Å². The molecule has 5 heteroatoms. The van der Waals surface area contributed by atoms with E-state index in [1.807, 2.05) is 24.0 Å². The van der Waals surface area contributed by atoms with Crippen LogP contribution in [-0.4, -0.2) is 44.1 Å². The van der Waals surface area contributed by atoms with Crippen LogP contribution in [0.4, 0.5) is 5.69 Å². The second-order valence-electron chi connectivity index (χ2n) is 6.19. The Hall–Kier alpha value is -1.56. The number of benzene rings is 2. The van der Waals surface area contributed by atoms with E-state index < -0.39 is 0 Å². The first kappa shape index (κ1) is 18.2. The maximum Gasteiger partial charge on any atom is 0.0660 e. The molecule has 0 radical (unpaired) electrons. The molecule has 0 aromatic heterocycles. The Kier molecular flexibility index (Phi) is 6.34. The summed E-state index contributed by atoms with van der Waals surface area (Å²) in [6.07, 6.45) is 4.01. The molecule has 0 saturated heterocycles. The average Bonchev–Trinajstić information content (AvgIpc) is 2.61. The Morgan fingerprint density at radius 2 is 2.00 bits per heavy atom. The Balaban J connectivity index is 1.65. The van der Waals surface area contributed by atoms with Gasteiger partial charge in [-0.05, 0) is 67.2 Å². The van der Waals surface area contributed by atoms with Crippen LogP contribution in [0.3, 0.4) is 0 Å². The van der Waals surface area contributed by atoms with Crippen molar-refractivity contribution in [2.24, 2.45) is 4.99 Å². The monoisotopic (exact) mass is 415 g/mol. The van der Waals surface area contributed by atoms with Crippen molar-refractivity contribution in [3.8, 4) is 0 Å². The average molecular weight is 416 g/mol. The molecule has 130 valence electrons. The van der Waals surface area contributed by atoms with Crippen LogP contribution in [0.5, 0.6) is 0 Å². The molecule has 0 unspecified atom stereocenters. The maximum absolute atomic E-state index is 4.45. The molecule has 3 rings (SSSR count). The topological polar surface area (TPSA) is 27.6 Å². The van der Waals surface area contributed by atoms with Crippen LogP contribution in [0.25, 0.3) is 5.57 Å². The highest BCUT2D eigenvalue weighted by Crippen LogP contribution is 2.26. The maximum atomic E-state index is 4.45. The number of thioether (sulfide) groups is 1. The Morgan fingerprint density at radius 1 is 1.20 bits per heavy atom. The summed E-state index contributed by atoms with van der Waals surface area (Å²) in [5.74, 6) is 1.10. The summed E-state index contributed by atoms with van der Waals surface area (Å²) in [7, 11) is 4.21. The highest BCUT2D eigenvalue weighted by atomic mass is 79.9. The molecule has 1 heterocycles. The lowest BCUT2D eigenvalue weighted by Crippen LogP contribution is -2.14. The van der Waals surface area contributed by atoms with Crippen molar-refractivity contribution in [2.45, 2.75) is 4.90 Å². The Labute approximate surface area is 162 Å². The minimum atomic E-state index is 0.703. The van der Waals surface area contributed by atoms with Gasteiger partial charge in [0.25, 0.3) is 0 Å². The highest BCUT2D eigenvalue weighted by Gasteiger charge is 2.11. The minimum Gasteiger partial charge on any atom is -0.361 e. The van der Waals surface area contributed by atoms with E-state index >= 15 is 0 Å². The lowest BCUT2D eigenvalue weighted by atomic mass is 9.99. The highest BCUT2D eigenvalue weighted by molar-refractivity contribution is 9.10. The molecule has 1 aliphatic heterocycles. The van der Waals surface area contributed by atoms with Crippen LogP contribution in [0.2, 0.25) is 0 Å². The predicted octanol–water partition coefficient (Wildman–Crippen LogP) is 4.99. The first-order valence-electron chi connectivity index (χ1n) is 8.25. The number of fused-ring (bicyclic) bond motifs is 1. The molecule has 1 aliphatic rings. The van der Waals surface area contributed by atoms with Crippen molar-refractivity contribution in [3.63, 3.8) is 0 Å². The fourth-order valence-corrected chi connectivity index (χ4v) is 3.92. The van der Waals surface area contributed by atoms with Crippen molar-refractivity contribution < 1.29 is 0 Å². The van der Waals surface area contributed by atoms with Gasteiger partial charge in [0, 0.05) is 39.8 Å². The molecular weight excluding hydrogens is 394 g/mol. The summed E-state index contributed by atoms with van der Waals surface area (Å²) in [5.41, 5.74) is 4.68. The van der Waals surface area contributed by atoms with Gasteiger partial charge in [-0.15, -0.1) is 11.8 Å². The van der Waals surface area contributed by atoms with Gasteiger partial charge in [-0.3, -0.25) is 4.99 Å². The molecule has 0 bridgehead atoms. The fourth-order valence-electron chi connectivity index (χ4n) is 2.53. The number of nitrogens with one attached hydrogen (secondary N) is 1. The second-order valence-corrected chi connectivity index (χ2v) is 8.28. The number of aliphatic imine (C=N–C) groups is 1. The second kappa shape index (κ2) is 8.70. The lowest BCUT2D eigenvalue weighted by molar-refractivity contribution is 0.437. The van der Waals surface area contributed by atoms with E-state index in [1.165, 1.54) is 16.0 Å². The summed E-state index contributed by atoms with van der Waals surface area (Å²) >= 11 is 5.44. The van der Waals surface area contributed by atoms with Crippen LogP contribution in [0.1, 0.15) is 11.1 Å². The van der Waals surface area contributed by atoms with E-state index in [1.54, 1.807) is 0 Å². The molecule has 2 aromatic carbocycles. The molecule has 0 amide bonds. The Morgan fingerprint density at radius 3 is 2.76 bits per heavy atom. The van der Waals surface area contributed by atoms with Gasteiger partial charge in [0.2, 0.25) is 0 Å². The van der Waals surface area contributed by atoms with Crippen LogP contribution in [0.15, 0.2) is 63.0 Å². The normalized spacial score (nSPS) is 14.8. The van der Waals surface area contributed by atoms with Gasteiger partial charge in [-0.25, -0.2) is 0 Å². The van der Waals surface area contributed by atoms with E-state index in [-0.39, 0.29) is 0 Å². The van der Waals surface area contributed by atoms with E-state index in [0.717, 1.165) is 28.0 Å². The quantitative estimate of drug-likeness (QED) is 0.673. The molecule has 0 fully saturated rings. The van der Waals surface area contributed by atoms with Gasteiger partial charge in [0.05, 0.1) is 6.54 Å². The molecule has 2 aromatic rings. The third-order valence-electron chi connectivity index (χ3n) is 3.93. The summed E-state index contributed by atoms with van der Waals surface area (Å²) in [6.45, 7) is 1.79. The van der Waals surface area contributed by atoms with Crippen LogP contribution < -0.4 is 5.32 Å². The number of nitrogens with zero attached hydrogens (tertiary/aromatic N) is 2. The van der Waals surface area contributed by atoms with Crippen molar-refractivity contribution in [1.82, 2.24) is 4.90 Å². The van der Waals surface area contributed by atoms with Crippen LogP contribution in [-0.2, 0) is 0 Å². The van der Waals surface area contributed by atoms with Gasteiger partial charge in [0.1, 0.15) is 0 Å². The first-order valence-corrected chi connectivity index (χ1v) is 10.0. The zero-order valence-electron chi connectivity index (χ0n) is 14.5. The van der Waals surface area contributed by atoms with E-state index in [0.29, 0.717) is 6.54 Å². The van der Waals surface area contributed by atoms with E-state index in [4.69, 9.17) is 0 Å². The van der Waals surface area contributed by atoms with Crippen molar-refractivity contribution >= 4 is 45.2 Å². The molecular formula is C20H22BrN3S. The first-order chi connectivity index (χ1) is 12.1. The van der Waals surface area contributed by atoms with Crippen molar-refractivity contribution in [1.29, 1.82) is 0 Å². The molecule has 3 nitrogen and oxygen atoms in total. The summed E-state index contributed by atoms with van der Waals surface area (Å²) in [5, 5.41) is 3.41. The zero-order valence-corrected chi connectivity index (χ0v) is 16.9. The zero-order chi connectivity index (χ0) is 17.6. The standard InChI is InChI=1S/C20H22BrN3S/c1-24(2)9-10-25-19-7-5-18(6-8-19)23-14-16-13-22-12-15-3-4-17(21)11-20(15)16/h3-8,11-12,14,23H,9-10,13H2,1-2H3/b16-14+. The van der Waals surface area contributed by atoms with Crippen molar-refractivity contribution in [2.75, 3.05) is 38.3 Å². The molecule has 0 atom stereocenters. The summed E-state index contributed by atoms with van der Waals surface area (Å²) in [6, 6.07) is 14.9. The number of anilines is 1. The van der Waals surface area contributed by atoms with Gasteiger partial charge >= 0.3 is 0 Å². The summed E-state index contributed by atoms with van der Waals surface area (Å²) < 4.78 is 1.09. The smallest absolute Gasteiger partial charge is 0.0660 e. The van der Waals surface area contributed by atoms with Gasteiger partial charge in [0.15, 0.2) is 0 Å². The molecule has 0 aliphatic carbocycles. The fraction of sp³-hybridized carbons (Fsp3) is 0.250. The third kappa shape index (κ3) is 5.21. The summed E-state index contributed by atoms with van der Waals surface area (Å²) in [4.78, 5) is 7.96. The van der Waals surface area contributed by atoms with Gasteiger partial charge < -0.3 is 10.2 Å². The molecule has 1 N–H and O–H groups in total. The van der Waals surface area contributed by atoms with Gasteiger partial charge in [-0.1, -0.05) is 22.0 Å². The number of rotatable bonds is 6. The third-order valence-corrected chi connectivity index (χ3v) is 5.41. The van der Waals surface area contributed by atoms with Crippen molar-refractivity contribution in [3.05, 3.63) is 64.3 Å². The molecule has 25 heavy (non-hydrogen) atoms. The predicted molar refractivity (Wildman–Crippen MR) is 114 cm³/mol. The van der Waals surface area contributed by atoms with Crippen LogP contribution in [0, 0.1) is 0 Å². The number of halogens is 1. The van der Waals surface area contributed by atoms with Gasteiger partial charge in [-0.2, -0.15) is 0 Å². The van der Waals surface area contributed by atoms with E-state index in [2.05, 4.69) is 87.8 Å². The minimum absolute atomic E-state index is 0.703. The van der Waals surface area contributed by atoms with E-state index in [9.17, 15) is 0 Å².